The predicted octanol–water partition coefficient (Wildman–Crippen LogP) is 4.54. The van der Waals surface area contributed by atoms with Crippen molar-refractivity contribution in [3.05, 3.63) is 86.8 Å². The zero-order valence-corrected chi connectivity index (χ0v) is 17.8. The van der Waals surface area contributed by atoms with Crippen LogP contribution in [0.1, 0.15) is 21.6 Å². The Kier molecular flexibility index (Phi) is 5.63. The molecule has 0 unspecified atom stereocenters. The lowest BCUT2D eigenvalue weighted by Crippen LogP contribution is -2.17. The number of aryl methyl sites for hydroxylation is 2. The van der Waals surface area contributed by atoms with E-state index in [4.69, 9.17) is 9.47 Å². The van der Waals surface area contributed by atoms with Crippen LogP contribution in [0.3, 0.4) is 0 Å². The number of aromatic nitrogens is 2. The van der Waals surface area contributed by atoms with Gasteiger partial charge in [0.15, 0.2) is 11.5 Å². The Balaban J connectivity index is 1.61. The second-order valence-corrected chi connectivity index (χ2v) is 7.99. The zero-order valence-electron chi connectivity index (χ0n) is 17.0. The molecule has 0 aliphatic carbocycles. The van der Waals surface area contributed by atoms with Crippen molar-refractivity contribution in [3.8, 4) is 11.5 Å². The van der Waals surface area contributed by atoms with Crippen LogP contribution < -0.4 is 15.0 Å². The van der Waals surface area contributed by atoms with Crippen molar-refractivity contribution in [2.45, 2.75) is 20.5 Å². The lowest BCUT2D eigenvalue weighted by Gasteiger charge is -2.11. The van der Waals surface area contributed by atoms with Gasteiger partial charge in [-0.2, -0.15) is 9.78 Å². The van der Waals surface area contributed by atoms with Gasteiger partial charge >= 0.3 is 0 Å². The van der Waals surface area contributed by atoms with Crippen LogP contribution in [0.25, 0.3) is 10.2 Å². The molecule has 0 N–H and O–H groups in total. The summed E-state index contributed by atoms with van der Waals surface area (Å²) in [4.78, 5) is 19.0. The highest BCUT2D eigenvalue weighted by Gasteiger charge is 2.12. The standard InChI is InChI=1S/C23H21N3O3S/c1-15-16(2)30-22-21(15)23(27)26(14-24-22)25-12-18-9-10-19(28-3)20(11-18)29-13-17-7-5-4-6-8-17/h4-12,14H,13H2,1-3H3/b25-12+. The van der Waals surface area contributed by atoms with Crippen LogP contribution in [0.2, 0.25) is 0 Å². The third kappa shape index (κ3) is 3.97. The highest BCUT2D eigenvalue weighted by atomic mass is 32.1. The minimum absolute atomic E-state index is 0.174. The predicted molar refractivity (Wildman–Crippen MR) is 120 cm³/mol. The molecule has 6 nitrogen and oxygen atoms in total. The summed E-state index contributed by atoms with van der Waals surface area (Å²) in [6.45, 7) is 4.35. The lowest BCUT2D eigenvalue weighted by atomic mass is 10.2. The van der Waals surface area contributed by atoms with Gasteiger partial charge in [0.2, 0.25) is 0 Å². The summed E-state index contributed by atoms with van der Waals surface area (Å²) in [5.74, 6) is 1.24. The molecule has 0 amide bonds. The molecule has 2 aromatic heterocycles. The van der Waals surface area contributed by atoms with Crippen LogP contribution in [0.5, 0.6) is 11.5 Å². The smallest absolute Gasteiger partial charge is 0.282 e. The van der Waals surface area contributed by atoms with Gasteiger partial charge in [0.05, 0.1) is 18.7 Å². The number of nitrogens with zero attached hydrogens (tertiary/aromatic N) is 3. The number of thiophene rings is 1. The SMILES string of the molecule is COc1ccc(/C=N/n2cnc3sc(C)c(C)c3c2=O)cc1OCc1ccccc1. The van der Waals surface area contributed by atoms with Gasteiger partial charge in [-0.05, 0) is 48.7 Å². The molecule has 0 aliphatic rings. The number of benzene rings is 2. The molecule has 0 saturated heterocycles. The molecule has 2 heterocycles. The maximum Gasteiger partial charge on any atom is 0.282 e. The fraction of sp³-hybridized carbons (Fsp3) is 0.174. The van der Waals surface area contributed by atoms with Crippen molar-refractivity contribution in [1.82, 2.24) is 9.66 Å². The third-order valence-electron chi connectivity index (χ3n) is 4.83. The first-order valence-electron chi connectivity index (χ1n) is 9.43. The van der Waals surface area contributed by atoms with E-state index in [1.165, 1.54) is 22.3 Å². The Labute approximate surface area is 178 Å². The first-order chi connectivity index (χ1) is 14.6. The van der Waals surface area contributed by atoms with Crippen LogP contribution in [-0.2, 0) is 6.61 Å². The molecule has 0 spiro atoms. The molecule has 0 radical (unpaired) electrons. The van der Waals surface area contributed by atoms with E-state index in [0.717, 1.165) is 26.4 Å². The van der Waals surface area contributed by atoms with Crippen molar-refractivity contribution in [1.29, 1.82) is 0 Å². The van der Waals surface area contributed by atoms with Crippen LogP contribution in [-0.4, -0.2) is 23.0 Å². The Bertz CT molecular complexity index is 1280. The van der Waals surface area contributed by atoms with Gasteiger partial charge in [0, 0.05) is 4.88 Å². The van der Waals surface area contributed by atoms with E-state index in [2.05, 4.69) is 10.1 Å². The average Bonchev–Trinajstić information content (AvgIpc) is 3.06. The minimum atomic E-state index is -0.174. The Morgan fingerprint density at radius 1 is 1.13 bits per heavy atom. The minimum Gasteiger partial charge on any atom is -0.493 e. The summed E-state index contributed by atoms with van der Waals surface area (Å²) < 4.78 is 12.6. The number of ether oxygens (including phenoxy) is 2. The van der Waals surface area contributed by atoms with Crippen molar-refractivity contribution in [2.24, 2.45) is 5.10 Å². The van der Waals surface area contributed by atoms with E-state index in [-0.39, 0.29) is 5.56 Å². The topological polar surface area (TPSA) is 65.7 Å². The third-order valence-corrected chi connectivity index (χ3v) is 5.94. The van der Waals surface area contributed by atoms with E-state index in [1.807, 2.05) is 62.4 Å². The molecule has 0 bridgehead atoms. The number of methoxy groups -OCH3 is 1. The van der Waals surface area contributed by atoms with Gasteiger partial charge in [0.1, 0.15) is 17.8 Å². The number of hydrogen-bond donors (Lipinski definition) is 0. The monoisotopic (exact) mass is 419 g/mol. The molecule has 30 heavy (non-hydrogen) atoms. The quantitative estimate of drug-likeness (QED) is 0.430. The molecule has 4 aromatic rings. The second kappa shape index (κ2) is 8.51. The van der Waals surface area contributed by atoms with Crippen LogP contribution in [0.4, 0.5) is 0 Å². The molecule has 0 atom stereocenters. The summed E-state index contributed by atoms with van der Waals surface area (Å²) in [7, 11) is 1.60. The molecule has 0 aliphatic heterocycles. The molecule has 0 fully saturated rings. The van der Waals surface area contributed by atoms with E-state index in [9.17, 15) is 4.79 Å². The molecular formula is C23H21N3O3S. The second-order valence-electron chi connectivity index (χ2n) is 6.79. The number of rotatable bonds is 6. The molecule has 2 aromatic carbocycles. The lowest BCUT2D eigenvalue weighted by molar-refractivity contribution is 0.284. The molecule has 152 valence electrons. The summed E-state index contributed by atoms with van der Waals surface area (Å²) in [5, 5.41) is 4.94. The van der Waals surface area contributed by atoms with E-state index in [1.54, 1.807) is 13.3 Å². The Morgan fingerprint density at radius 2 is 1.93 bits per heavy atom. The van der Waals surface area contributed by atoms with Crippen LogP contribution in [0, 0.1) is 13.8 Å². The van der Waals surface area contributed by atoms with Crippen LogP contribution >= 0.6 is 11.3 Å². The van der Waals surface area contributed by atoms with Crippen molar-refractivity contribution < 1.29 is 9.47 Å². The van der Waals surface area contributed by atoms with Crippen molar-refractivity contribution >= 4 is 27.8 Å². The average molecular weight is 420 g/mol. The fourth-order valence-corrected chi connectivity index (χ4v) is 4.05. The summed E-state index contributed by atoms with van der Waals surface area (Å²) >= 11 is 1.52. The summed E-state index contributed by atoms with van der Waals surface area (Å²) in [5.41, 5.74) is 2.63. The van der Waals surface area contributed by atoms with Gasteiger partial charge in [-0.15, -0.1) is 11.3 Å². The maximum atomic E-state index is 12.8. The van der Waals surface area contributed by atoms with Gasteiger partial charge in [-0.3, -0.25) is 4.79 Å². The van der Waals surface area contributed by atoms with E-state index >= 15 is 0 Å². The van der Waals surface area contributed by atoms with E-state index in [0.29, 0.717) is 23.5 Å². The highest BCUT2D eigenvalue weighted by Crippen LogP contribution is 2.28. The largest absolute Gasteiger partial charge is 0.493 e. The van der Waals surface area contributed by atoms with Crippen molar-refractivity contribution in [3.63, 3.8) is 0 Å². The highest BCUT2D eigenvalue weighted by molar-refractivity contribution is 7.18. The maximum absolute atomic E-state index is 12.8. The molecular weight excluding hydrogens is 398 g/mol. The number of hydrogen-bond acceptors (Lipinski definition) is 6. The molecule has 4 rings (SSSR count). The molecule has 0 saturated carbocycles. The number of fused-ring (bicyclic) bond motifs is 1. The van der Waals surface area contributed by atoms with Gasteiger partial charge in [0.25, 0.3) is 5.56 Å². The van der Waals surface area contributed by atoms with E-state index < -0.39 is 0 Å². The van der Waals surface area contributed by atoms with Gasteiger partial charge in [-0.1, -0.05) is 30.3 Å². The van der Waals surface area contributed by atoms with Gasteiger partial charge in [-0.25, -0.2) is 4.98 Å². The summed E-state index contributed by atoms with van der Waals surface area (Å²) in [6.07, 6.45) is 3.06. The fourth-order valence-electron chi connectivity index (χ4n) is 3.06. The zero-order chi connectivity index (χ0) is 21.1. The molecule has 7 heteroatoms. The van der Waals surface area contributed by atoms with Gasteiger partial charge < -0.3 is 9.47 Å². The Morgan fingerprint density at radius 3 is 2.70 bits per heavy atom. The first-order valence-corrected chi connectivity index (χ1v) is 10.2. The van der Waals surface area contributed by atoms with Crippen molar-refractivity contribution in [2.75, 3.05) is 7.11 Å². The Hall–Kier alpha value is -3.45. The summed E-state index contributed by atoms with van der Waals surface area (Å²) in [6, 6.07) is 15.4. The first kappa shape index (κ1) is 19.8. The normalized spacial score (nSPS) is 11.3. The van der Waals surface area contributed by atoms with Crippen LogP contribution in [0.15, 0.2) is 64.8 Å².